The molecule has 0 saturated heterocycles. The summed E-state index contributed by atoms with van der Waals surface area (Å²) in [5, 5.41) is 12.5. The lowest BCUT2D eigenvalue weighted by atomic mass is 10.0. The van der Waals surface area contributed by atoms with Crippen LogP contribution in [0.1, 0.15) is 21.7 Å². The highest BCUT2D eigenvalue weighted by atomic mass is 19.4. The monoisotopic (exact) mass is 523 g/mol. The topological polar surface area (TPSA) is 147 Å². The number of anilines is 3. The largest absolute Gasteiger partial charge is 0.434 e. The number of pyridine rings is 2. The quantitative estimate of drug-likeness (QED) is 0.239. The molecule has 4 heterocycles. The number of halogens is 4. The summed E-state index contributed by atoms with van der Waals surface area (Å²) >= 11 is 0. The first-order valence-electron chi connectivity index (χ1n) is 11.0. The highest BCUT2D eigenvalue weighted by Crippen LogP contribution is 2.29. The van der Waals surface area contributed by atoms with Crippen molar-refractivity contribution < 1.29 is 22.4 Å². The van der Waals surface area contributed by atoms with E-state index in [9.17, 15) is 22.4 Å². The molecule has 1 amide bonds. The van der Waals surface area contributed by atoms with Gasteiger partial charge in [0, 0.05) is 18.3 Å². The third-order valence-electron chi connectivity index (χ3n) is 5.43. The zero-order chi connectivity index (χ0) is 26.9. The predicted molar refractivity (Wildman–Crippen MR) is 130 cm³/mol. The Morgan fingerprint density at radius 3 is 2.47 bits per heavy atom. The van der Waals surface area contributed by atoms with Gasteiger partial charge in [-0.15, -0.1) is 0 Å². The normalized spacial score (nSPS) is 11.5. The number of nitrogens with one attached hydrogen (secondary N) is 3. The van der Waals surface area contributed by atoms with Gasteiger partial charge in [0.05, 0.1) is 17.8 Å². The molecule has 0 radical (unpaired) electrons. The smallest absolute Gasteiger partial charge is 0.384 e. The van der Waals surface area contributed by atoms with Crippen LogP contribution in [0, 0.1) is 5.82 Å². The number of H-pyrrole nitrogens is 1. The molecular weight excluding hydrogens is 506 g/mol. The molecule has 5 N–H and O–H groups in total. The van der Waals surface area contributed by atoms with Crippen molar-refractivity contribution in [3.05, 3.63) is 83.8 Å². The molecule has 0 unspecified atom stereocenters. The number of hydrogen-bond acceptors (Lipinski definition) is 8. The van der Waals surface area contributed by atoms with Gasteiger partial charge < -0.3 is 16.4 Å². The Morgan fingerprint density at radius 2 is 1.76 bits per heavy atom. The number of hydrogen-bond donors (Lipinski definition) is 4. The van der Waals surface area contributed by atoms with Crippen LogP contribution in [0.5, 0.6) is 0 Å². The van der Waals surface area contributed by atoms with Crippen molar-refractivity contribution in [3.8, 4) is 11.1 Å². The Kier molecular flexibility index (Phi) is 6.28. The lowest BCUT2D eigenvalue weighted by Gasteiger charge is -2.13. The number of amides is 1. The molecule has 10 nitrogen and oxygen atoms in total. The molecule has 4 aromatic heterocycles. The van der Waals surface area contributed by atoms with Gasteiger partial charge in [0.15, 0.2) is 22.9 Å². The van der Waals surface area contributed by atoms with E-state index in [1.807, 2.05) is 18.2 Å². The first kappa shape index (κ1) is 24.5. The summed E-state index contributed by atoms with van der Waals surface area (Å²) < 4.78 is 52.8. The molecular formula is C24H17F4N9O. The lowest BCUT2D eigenvalue weighted by Crippen LogP contribution is -2.21. The van der Waals surface area contributed by atoms with Crippen LogP contribution >= 0.6 is 0 Å². The Morgan fingerprint density at radius 1 is 0.974 bits per heavy atom. The maximum Gasteiger partial charge on any atom is 0.434 e. The second-order valence-electron chi connectivity index (χ2n) is 8.05. The molecule has 0 saturated carbocycles. The number of fused-ring (bicyclic) bond motifs is 1. The summed E-state index contributed by atoms with van der Waals surface area (Å²) in [4.78, 5) is 27.9. The van der Waals surface area contributed by atoms with Crippen LogP contribution < -0.4 is 16.4 Å². The molecule has 0 aliphatic heterocycles. The van der Waals surface area contributed by atoms with E-state index >= 15 is 0 Å². The van der Waals surface area contributed by atoms with Gasteiger partial charge in [-0.05, 0) is 29.3 Å². The van der Waals surface area contributed by atoms with Crippen molar-refractivity contribution in [2.24, 2.45) is 0 Å². The summed E-state index contributed by atoms with van der Waals surface area (Å²) in [5.41, 5.74) is 6.85. The molecule has 192 valence electrons. The number of carbonyl (C=O) groups is 1. The Balaban J connectivity index is 1.35. The minimum Gasteiger partial charge on any atom is -0.384 e. The predicted octanol–water partition coefficient (Wildman–Crippen LogP) is 4.41. The summed E-state index contributed by atoms with van der Waals surface area (Å²) in [6.45, 7) is 0.126. The van der Waals surface area contributed by atoms with E-state index in [1.165, 1.54) is 0 Å². The zero-order valence-corrected chi connectivity index (χ0v) is 19.2. The van der Waals surface area contributed by atoms with Crippen molar-refractivity contribution in [1.82, 2.24) is 30.1 Å². The minimum atomic E-state index is -4.82. The SMILES string of the molecule is Nc1[nH]nc2ncc(-c3ccc(CNc4ncc(C(F)(F)F)nc4C(=O)Nc4ccc(F)cn4)cc3)cc12. The van der Waals surface area contributed by atoms with Crippen molar-refractivity contribution in [3.63, 3.8) is 0 Å². The average molecular weight is 523 g/mol. The van der Waals surface area contributed by atoms with E-state index in [2.05, 4.69) is 40.8 Å². The Labute approximate surface area is 211 Å². The first-order valence-corrected chi connectivity index (χ1v) is 11.0. The molecule has 0 fully saturated rings. The minimum absolute atomic E-state index is 0.0676. The van der Waals surface area contributed by atoms with E-state index in [1.54, 1.807) is 18.3 Å². The van der Waals surface area contributed by atoms with Gasteiger partial charge in [-0.25, -0.2) is 24.3 Å². The van der Waals surface area contributed by atoms with E-state index in [0.717, 1.165) is 35.0 Å². The van der Waals surface area contributed by atoms with E-state index in [4.69, 9.17) is 5.73 Å². The second-order valence-corrected chi connectivity index (χ2v) is 8.05. The number of aromatic nitrogens is 6. The van der Waals surface area contributed by atoms with Gasteiger partial charge in [-0.3, -0.25) is 9.89 Å². The molecule has 0 atom stereocenters. The summed E-state index contributed by atoms with van der Waals surface area (Å²) in [7, 11) is 0. The van der Waals surface area contributed by atoms with E-state index < -0.39 is 29.3 Å². The number of nitrogens with zero attached hydrogens (tertiary/aromatic N) is 5. The first-order chi connectivity index (χ1) is 18.2. The fraction of sp³-hybridized carbons (Fsp3) is 0.0833. The molecule has 14 heteroatoms. The highest BCUT2D eigenvalue weighted by Gasteiger charge is 2.34. The van der Waals surface area contributed by atoms with Crippen LogP contribution in [0.3, 0.4) is 0 Å². The molecule has 0 spiro atoms. The number of alkyl halides is 3. The summed E-state index contributed by atoms with van der Waals surface area (Å²) in [5.74, 6) is -1.48. The van der Waals surface area contributed by atoms with Crippen LogP contribution in [0.25, 0.3) is 22.2 Å². The van der Waals surface area contributed by atoms with Gasteiger partial charge in [-0.1, -0.05) is 24.3 Å². The molecule has 0 aliphatic carbocycles. The van der Waals surface area contributed by atoms with Crippen LogP contribution in [0.15, 0.2) is 61.1 Å². The van der Waals surface area contributed by atoms with Gasteiger partial charge >= 0.3 is 6.18 Å². The molecule has 0 bridgehead atoms. The Bertz CT molecular complexity index is 1620. The van der Waals surface area contributed by atoms with E-state index in [0.29, 0.717) is 23.0 Å². The number of nitrogen functional groups attached to an aromatic ring is 1. The second kappa shape index (κ2) is 9.72. The van der Waals surface area contributed by atoms with Crippen molar-refractivity contribution >= 4 is 34.4 Å². The number of carbonyl (C=O) groups excluding carboxylic acids is 1. The summed E-state index contributed by atoms with van der Waals surface area (Å²) in [6.07, 6.45) is -1.77. The standard InChI is InChI=1S/C24H17F4N9O/c25-15-5-6-18(30-10-15)35-23(38)19-22(33-11-17(34-19)24(26,27)28)31-8-12-1-3-13(4-2-12)14-7-16-20(29)36-37-21(16)32-9-14/h1-7,9-11H,8H2,(H,31,33)(H,30,35,38)(H3,29,32,36,37). The van der Waals surface area contributed by atoms with Crippen molar-refractivity contribution in [2.45, 2.75) is 12.7 Å². The number of aromatic amines is 1. The van der Waals surface area contributed by atoms with Crippen molar-refractivity contribution in [2.75, 3.05) is 16.4 Å². The van der Waals surface area contributed by atoms with Gasteiger partial charge in [0.1, 0.15) is 17.5 Å². The zero-order valence-electron chi connectivity index (χ0n) is 19.2. The maximum absolute atomic E-state index is 13.2. The average Bonchev–Trinajstić information content (AvgIpc) is 3.28. The summed E-state index contributed by atoms with van der Waals surface area (Å²) in [6, 6.07) is 11.3. The molecule has 5 rings (SSSR count). The maximum atomic E-state index is 13.2. The van der Waals surface area contributed by atoms with Crippen LogP contribution in [-0.2, 0) is 12.7 Å². The molecule has 0 aliphatic rings. The third-order valence-corrected chi connectivity index (χ3v) is 5.43. The van der Waals surface area contributed by atoms with Gasteiger partial charge in [0.25, 0.3) is 5.91 Å². The fourth-order valence-electron chi connectivity index (χ4n) is 3.52. The third kappa shape index (κ3) is 5.18. The Hall–Kier alpha value is -5.14. The van der Waals surface area contributed by atoms with Gasteiger partial charge in [-0.2, -0.15) is 18.3 Å². The van der Waals surface area contributed by atoms with Crippen LogP contribution in [0.2, 0.25) is 0 Å². The van der Waals surface area contributed by atoms with Crippen LogP contribution in [-0.4, -0.2) is 36.0 Å². The number of benzene rings is 1. The van der Waals surface area contributed by atoms with E-state index in [-0.39, 0.29) is 18.2 Å². The molecule has 5 aromatic rings. The molecule has 38 heavy (non-hydrogen) atoms. The number of nitrogens with two attached hydrogens (primary N) is 1. The van der Waals surface area contributed by atoms with Crippen LogP contribution in [0.4, 0.5) is 35.0 Å². The fourth-order valence-corrected chi connectivity index (χ4v) is 3.52. The van der Waals surface area contributed by atoms with Gasteiger partial charge in [0.2, 0.25) is 0 Å². The highest BCUT2D eigenvalue weighted by molar-refractivity contribution is 6.05. The van der Waals surface area contributed by atoms with Crippen molar-refractivity contribution in [1.29, 1.82) is 0 Å². The lowest BCUT2D eigenvalue weighted by molar-refractivity contribution is -0.141. The molecule has 1 aromatic carbocycles. The number of rotatable bonds is 6.